The molecule has 0 saturated carbocycles. The number of nitrogens with zero attached hydrogens (tertiary/aromatic N) is 3. The van der Waals surface area contributed by atoms with Crippen LogP contribution in [0.2, 0.25) is 0 Å². The molecule has 2 saturated heterocycles. The standard InChI is InChI=1S/C18H27N3O3/c1-3-21-13(2)7-8-14(18(21)24)17(23)20-11-15(16(22)12-20)19-9-5-4-6-10-19/h7-8,15-16,22H,3-6,9-12H2,1-2H3/t15-,16-/m0/s1. The molecule has 2 aliphatic heterocycles. The van der Waals surface area contributed by atoms with Crippen LogP contribution in [0.4, 0.5) is 0 Å². The summed E-state index contributed by atoms with van der Waals surface area (Å²) in [5.41, 5.74) is 0.819. The Morgan fingerprint density at radius 3 is 2.58 bits per heavy atom. The Morgan fingerprint density at radius 1 is 1.21 bits per heavy atom. The molecular weight excluding hydrogens is 306 g/mol. The van der Waals surface area contributed by atoms with Gasteiger partial charge in [-0.2, -0.15) is 0 Å². The minimum absolute atomic E-state index is 0.00639. The highest BCUT2D eigenvalue weighted by atomic mass is 16.3. The zero-order chi connectivity index (χ0) is 17.3. The van der Waals surface area contributed by atoms with Gasteiger partial charge in [-0.05, 0) is 51.9 Å². The highest BCUT2D eigenvalue weighted by Crippen LogP contribution is 2.21. The van der Waals surface area contributed by atoms with Crippen molar-refractivity contribution in [1.29, 1.82) is 0 Å². The first-order chi connectivity index (χ1) is 11.5. The molecule has 3 heterocycles. The van der Waals surface area contributed by atoms with Crippen molar-refractivity contribution in [2.75, 3.05) is 26.2 Å². The molecule has 0 aromatic carbocycles. The fourth-order valence-electron chi connectivity index (χ4n) is 3.94. The summed E-state index contributed by atoms with van der Waals surface area (Å²) in [6.07, 6.45) is 3.00. The quantitative estimate of drug-likeness (QED) is 0.890. The van der Waals surface area contributed by atoms with Gasteiger partial charge in [-0.15, -0.1) is 0 Å². The second kappa shape index (κ2) is 7.07. The SMILES string of the molecule is CCn1c(C)ccc(C(=O)N2C[C@H](O)[C@@H](N3CCCCC3)C2)c1=O. The number of likely N-dealkylation sites (tertiary alicyclic amines) is 2. The van der Waals surface area contributed by atoms with Crippen LogP contribution in [0.1, 0.15) is 42.2 Å². The van der Waals surface area contributed by atoms with Gasteiger partial charge in [-0.3, -0.25) is 14.5 Å². The molecule has 0 spiro atoms. The van der Waals surface area contributed by atoms with Crippen molar-refractivity contribution in [1.82, 2.24) is 14.4 Å². The molecule has 2 aliphatic rings. The van der Waals surface area contributed by atoms with E-state index < -0.39 is 6.10 Å². The average Bonchev–Trinajstić information content (AvgIpc) is 2.97. The minimum atomic E-state index is -0.536. The molecule has 1 aromatic heterocycles. The van der Waals surface area contributed by atoms with Crippen LogP contribution in [-0.2, 0) is 6.54 Å². The predicted molar refractivity (Wildman–Crippen MR) is 92.2 cm³/mol. The number of carbonyl (C=O) groups excluding carboxylic acids is 1. The first-order valence-electron chi connectivity index (χ1n) is 8.94. The number of pyridine rings is 1. The van der Waals surface area contributed by atoms with Crippen LogP contribution in [0.15, 0.2) is 16.9 Å². The molecule has 6 heteroatoms. The molecule has 132 valence electrons. The number of aromatic nitrogens is 1. The summed E-state index contributed by atoms with van der Waals surface area (Å²) in [5.74, 6) is -0.263. The maximum absolute atomic E-state index is 12.8. The zero-order valence-corrected chi connectivity index (χ0v) is 14.6. The molecule has 1 aromatic rings. The number of β-amino-alcohol motifs (C(OH)–C–C–N with tert-alkyl or cyclic N) is 1. The summed E-state index contributed by atoms with van der Waals surface area (Å²) < 4.78 is 1.61. The topological polar surface area (TPSA) is 65.8 Å². The van der Waals surface area contributed by atoms with E-state index in [1.807, 2.05) is 19.9 Å². The van der Waals surface area contributed by atoms with Crippen molar-refractivity contribution in [2.24, 2.45) is 0 Å². The van der Waals surface area contributed by atoms with E-state index in [1.165, 1.54) is 6.42 Å². The van der Waals surface area contributed by atoms with Crippen molar-refractivity contribution in [3.8, 4) is 0 Å². The number of rotatable bonds is 3. The summed E-state index contributed by atoms with van der Waals surface area (Å²) in [6, 6.07) is 3.42. The Morgan fingerprint density at radius 2 is 1.92 bits per heavy atom. The van der Waals surface area contributed by atoms with Crippen molar-refractivity contribution in [2.45, 2.75) is 51.8 Å². The van der Waals surface area contributed by atoms with E-state index in [9.17, 15) is 14.7 Å². The molecule has 0 bridgehead atoms. The van der Waals surface area contributed by atoms with Crippen molar-refractivity contribution < 1.29 is 9.90 Å². The number of hydrogen-bond donors (Lipinski definition) is 1. The number of aliphatic hydroxyl groups is 1. The van der Waals surface area contributed by atoms with Crippen molar-refractivity contribution in [3.63, 3.8) is 0 Å². The maximum atomic E-state index is 12.8. The van der Waals surface area contributed by atoms with Crippen LogP contribution in [-0.4, -0.2) is 63.7 Å². The van der Waals surface area contributed by atoms with Crippen LogP contribution in [0.3, 0.4) is 0 Å². The molecule has 0 aliphatic carbocycles. The van der Waals surface area contributed by atoms with Crippen LogP contribution < -0.4 is 5.56 Å². The summed E-state index contributed by atoms with van der Waals surface area (Å²) in [7, 11) is 0. The van der Waals surface area contributed by atoms with Gasteiger partial charge < -0.3 is 14.6 Å². The van der Waals surface area contributed by atoms with E-state index in [-0.39, 0.29) is 23.1 Å². The van der Waals surface area contributed by atoms with Gasteiger partial charge in [0.2, 0.25) is 0 Å². The largest absolute Gasteiger partial charge is 0.390 e. The van der Waals surface area contributed by atoms with Crippen LogP contribution in [0, 0.1) is 6.92 Å². The molecule has 3 rings (SSSR count). The third-order valence-electron chi connectivity index (χ3n) is 5.35. The molecule has 2 atom stereocenters. The van der Waals surface area contributed by atoms with Gasteiger partial charge in [0.1, 0.15) is 5.56 Å². The normalized spacial score (nSPS) is 25.2. The fourth-order valence-corrected chi connectivity index (χ4v) is 3.94. The molecule has 1 N–H and O–H groups in total. The number of carbonyl (C=O) groups is 1. The minimum Gasteiger partial charge on any atom is -0.390 e. The smallest absolute Gasteiger partial charge is 0.263 e. The Balaban J connectivity index is 1.78. The highest BCUT2D eigenvalue weighted by molar-refractivity contribution is 5.94. The number of amides is 1. The van der Waals surface area contributed by atoms with Crippen molar-refractivity contribution >= 4 is 5.91 Å². The van der Waals surface area contributed by atoms with Gasteiger partial charge in [0, 0.05) is 25.3 Å². The van der Waals surface area contributed by atoms with Gasteiger partial charge in [-0.1, -0.05) is 6.42 Å². The van der Waals surface area contributed by atoms with Crippen LogP contribution in [0.25, 0.3) is 0 Å². The van der Waals surface area contributed by atoms with E-state index in [1.54, 1.807) is 15.5 Å². The highest BCUT2D eigenvalue weighted by Gasteiger charge is 2.38. The van der Waals surface area contributed by atoms with E-state index in [0.717, 1.165) is 31.6 Å². The number of aliphatic hydroxyl groups excluding tert-OH is 1. The van der Waals surface area contributed by atoms with Gasteiger partial charge >= 0.3 is 0 Å². The molecule has 2 fully saturated rings. The van der Waals surface area contributed by atoms with E-state index in [2.05, 4.69) is 4.90 Å². The average molecular weight is 333 g/mol. The molecule has 0 radical (unpaired) electrons. The Labute approximate surface area is 142 Å². The molecule has 6 nitrogen and oxygen atoms in total. The fraction of sp³-hybridized carbons (Fsp3) is 0.667. The number of aryl methyl sites for hydroxylation is 1. The van der Waals surface area contributed by atoms with Gasteiger partial charge in [0.15, 0.2) is 0 Å². The summed E-state index contributed by atoms with van der Waals surface area (Å²) >= 11 is 0. The lowest BCUT2D eigenvalue weighted by Crippen LogP contribution is -2.46. The van der Waals surface area contributed by atoms with E-state index >= 15 is 0 Å². The second-order valence-electron chi connectivity index (χ2n) is 6.88. The Bertz CT molecular complexity index is 664. The lowest BCUT2D eigenvalue weighted by atomic mass is 10.1. The monoisotopic (exact) mass is 333 g/mol. The van der Waals surface area contributed by atoms with Crippen molar-refractivity contribution in [3.05, 3.63) is 33.7 Å². The first kappa shape index (κ1) is 17.2. The zero-order valence-electron chi connectivity index (χ0n) is 14.6. The molecule has 24 heavy (non-hydrogen) atoms. The van der Waals surface area contributed by atoms with E-state index in [4.69, 9.17) is 0 Å². The third kappa shape index (κ3) is 3.13. The Hall–Kier alpha value is -1.66. The van der Waals surface area contributed by atoms with Gasteiger partial charge in [-0.25, -0.2) is 0 Å². The molecule has 0 unspecified atom stereocenters. The lowest BCUT2D eigenvalue weighted by molar-refractivity contribution is 0.0702. The third-order valence-corrected chi connectivity index (χ3v) is 5.35. The Kier molecular flexibility index (Phi) is 5.06. The molecule has 1 amide bonds. The second-order valence-corrected chi connectivity index (χ2v) is 6.88. The summed E-state index contributed by atoms with van der Waals surface area (Å²) in [4.78, 5) is 29.3. The number of hydrogen-bond acceptors (Lipinski definition) is 4. The van der Waals surface area contributed by atoms with Gasteiger partial charge in [0.25, 0.3) is 11.5 Å². The molecular formula is C18H27N3O3. The van der Waals surface area contributed by atoms with Crippen LogP contribution >= 0.6 is 0 Å². The maximum Gasteiger partial charge on any atom is 0.263 e. The lowest BCUT2D eigenvalue weighted by Gasteiger charge is -2.33. The predicted octanol–water partition coefficient (Wildman–Crippen LogP) is 0.848. The summed E-state index contributed by atoms with van der Waals surface area (Å²) in [5, 5.41) is 10.4. The van der Waals surface area contributed by atoms with Crippen LogP contribution in [0.5, 0.6) is 0 Å². The number of piperidine rings is 1. The van der Waals surface area contributed by atoms with E-state index in [0.29, 0.717) is 19.6 Å². The van der Waals surface area contributed by atoms with Gasteiger partial charge in [0.05, 0.1) is 12.1 Å². The first-order valence-corrected chi connectivity index (χ1v) is 8.94. The summed E-state index contributed by atoms with van der Waals surface area (Å²) in [6.45, 7) is 7.08.